The summed E-state index contributed by atoms with van der Waals surface area (Å²) >= 11 is 7.53. The van der Waals surface area contributed by atoms with Crippen molar-refractivity contribution in [3.8, 4) is 5.75 Å². The van der Waals surface area contributed by atoms with Gasteiger partial charge in [0.15, 0.2) is 10.9 Å². The number of ether oxygens (including phenoxy) is 1. The summed E-state index contributed by atoms with van der Waals surface area (Å²) in [6.45, 7) is 2.17. The van der Waals surface area contributed by atoms with Crippen LogP contribution in [0.1, 0.15) is 28.0 Å². The standard InChI is InChI=1S/C23H23ClN4O3S/c1-15-6-8-16(9-7-15)14-32-23-26-13-19(24)21(28-23)22(30)25-11-10-20(29)27-17-4-3-5-18(12-17)31-2/h3-9,12-13H,10-11,14H2,1-2H3,(H,25,30)(H,27,29). The molecule has 0 aliphatic carbocycles. The Morgan fingerprint density at radius 2 is 1.94 bits per heavy atom. The van der Waals surface area contributed by atoms with Gasteiger partial charge in [-0.2, -0.15) is 0 Å². The number of halogens is 1. The SMILES string of the molecule is COc1cccc(NC(=O)CCNC(=O)c2nc(SCc3ccc(C)cc3)ncc2Cl)c1. The molecule has 2 N–H and O–H groups in total. The van der Waals surface area contributed by atoms with E-state index in [1.807, 2.05) is 31.2 Å². The maximum Gasteiger partial charge on any atom is 0.271 e. The first-order valence-corrected chi connectivity index (χ1v) is 11.2. The molecule has 0 saturated carbocycles. The number of hydrogen-bond donors (Lipinski definition) is 2. The van der Waals surface area contributed by atoms with Crippen LogP contribution >= 0.6 is 23.4 Å². The Kier molecular flexibility index (Phi) is 8.47. The molecule has 1 heterocycles. The molecule has 0 unspecified atom stereocenters. The largest absolute Gasteiger partial charge is 0.497 e. The van der Waals surface area contributed by atoms with Gasteiger partial charge in [-0.05, 0) is 24.6 Å². The lowest BCUT2D eigenvalue weighted by Crippen LogP contribution is -2.28. The molecule has 0 saturated heterocycles. The molecule has 166 valence electrons. The van der Waals surface area contributed by atoms with Gasteiger partial charge in [-0.3, -0.25) is 9.59 Å². The highest BCUT2D eigenvalue weighted by Crippen LogP contribution is 2.22. The molecule has 0 bridgehead atoms. The van der Waals surface area contributed by atoms with E-state index in [0.717, 1.165) is 5.56 Å². The summed E-state index contributed by atoms with van der Waals surface area (Å²) in [6, 6.07) is 15.2. The molecule has 0 fully saturated rings. The second kappa shape index (κ2) is 11.5. The van der Waals surface area contributed by atoms with Gasteiger partial charge in [-0.15, -0.1) is 0 Å². The van der Waals surface area contributed by atoms with E-state index in [9.17, 15) is 9.59 Å². The minimum atomic E-state index is -0.455. The second-order valence-corrected chi connectivity index (χ2v) is 8.26. The van der Waals surface area contributed by atoms with Crippen LogP contribution in [0.3, 0.4) is 0 Å². The van der Waals surface area contributed by atoms with Gasteiger partial charge in [0.1, 0.15) is 5.75 Å². The van der Waals surface area contributed by atoms with E-state index >= 15 is 0 Å². The van der Waals surface area contributed by atoms with Crippen LogP contribution in [0.15, 0.2) is 59.9 Å². The molecule has 0 radical (unpaired) electrons. The minimum absolute atomic E-state index is 0.0845. The zero-order chi connectivity index (χ0) is 22.9. The molecule has 2 aromatic carbocycles. The Bertz CT molecular complexity index is 1090. The molecule has 9 heteroatoms. The first-order chi connectivity index (χ1) is 15.4. The van der Waals surface area contributed by atoms with Crippen molar-refractivity contribution in [2.24, 2.45) is 0 Å². The van der Waals surface area contributed by atoms with Gasteiger partial charge < -0.3 is 15.4 Å². The van der Waals surface area contributed by atoms with E-state index < -0.39 is 5.91 Å². The van der Waals surface area contributed by atoms with Crippen LogP contribution < -0.4 is 15.4 Å². The first-order valence-electron chi connectivity index (χ1n) is 9.87. The highest BCUT2D eigenvalue weighted by molar-refractivity contribution is 7.98. The lowest BCUT2D eigenvalue weighted by Gasteiger charge is -2.09. The molecule has 7 nitrogen and oxygen atoms in total. The normalized spacial score (nSPS) is 10.5. The summed E-state index contributed by atoms with van der Waals surface area (Å²) < 4.78 is 5.13. The fourth-order valence-corrected chi connectivity index (χ4v) is 3.66. The van der Waals surface area contributed by atoms with E-state index in [0.29, 0.717) is 22.3 Å². The topological polar surface area (TPSA) is 93.2 Å². The van der Waals surface area contributed by atoms with Gasteiger partial charge in [-0.25, -0.2) is 9.97 Å². The van der Waals surface area contributed by atoms with Crippen LogP contribution in [0.2, 0.25) is 5.02 Å². The van der Waals surface area contributed by atoms with Crippen molar-refractivity contribution in [1.29, 1.82) is 0 Å². The number of carbonyl (C=O) groups is 2. The van der Waals surface area contributed by atoms with Crippen LogP contribution in [0.25, 0.3) is 0 Å². The Morgan fingerprint density at radius 1 is 1.16 bits per heavy atom. The lowest BCUT2D eigenvalue weighted by atomic mass is 10.2. The number of methoxy groups -OCH3 is 1. The smallest absolute Gasteiger partial charge is 0.271 e. The van der Waals surface area contributed by atoms with Crippen molar-refractivity contribution in [3.05, 3.63) is 76.6 Å². The van der Waals surface area contributed by atoms with Crippen LogP contribution in [-0.2, 0) is 10.5 Å². The van der Waals surface area contributed by atoms with Crippen LogP contribution in [0.5, 0.6) is 5.75 Å². The van der Waals surface area contributed by atoms with Gasteiger partial charge in [0.05, 0.1) is 18.3 Å². The average Bonchev–Trinajstić information content (AvgIpc) is 2.79. The third-order valence-electron chi connectivity index (χ3n) is 4.42. The van der Waals surface area contributed by atoms with Gasteiger partial charge in [0.25, 0.3) is 5.91 Å². The third-order valence-corrected chi connectivity index (χ3v) is 5.63. The summed E-state index contributed by atoms with van der Waals surface area (Å²) in [4.78, 5) is 33.1. The van der Waals surface area contributed by atoms with Crippen molar-refractivity contribution < 1.29 is 14.3 Å². The number of nitrogens with one attached hydrogen (secondary N) is 2. The molecule has 2 amide bonds. The third kappa shape index (κ3) is 6.96. The zero-order valence-corrected chi connectivity index (χ0v) is 19.3. The average molecular weight is 471 g/mol. The number of rotatable bonds is 9. The molecule has 0 spiro atoms. The Hall–Kier alpha value is -3.10. The molecule has 1 aromatic heterocycles. The lowest BCUT2D eigenvalue weighted by molar-refractivity contribution is -0.116. The van der Waals surface area contributed by atoms with Crippen molar-refractivity contribution >= 4 is 40.9 Å². The highest BCUT2D eigenvalue weighted by atomic mass is 35.5. The van der Waals surface area contributed by atoms with Crippen molar-refractivity contribution in [2.75, 3.05) is 19.0 Å². The van der Waals surface area contributed by atoms with Crippen LogP contribution in [0, 0.1) is 6.92 Å². The first kappa shape index (κ1) is 23.6. The number of carbonyl (C=O) groups excluding carboxylic acids is 2. The fourth-order valence-electron chi connectivity index (χ4n) is 2.71. The molecule has 0 atom stereocenters. The molecule has 0 aliphatic rings. The van der Waals surface area contributed by atoms with Crippen molar-refractivity contribution in [2.45, 2.75) is 24.3 Å². The molecular formula is C23H23ClN4O3S. The minimum Gasteiger partial charge on any atom is -0.497 e. The van der Waals surface area contributed by atoms with E-state index in [4.69, 9.17) is 16.3 Å². The molecule has 0 aliphatic heterocycles. The Morgan fingerprint density at radius 3 is 2.69 bits per heavy atom. The number of benzene rings is 2. The van der Waals surface area contributed by atoms with E-state index in [1.54, 1.807) is 31.4 Å². The zero-order valence-electron chi connectivity index (χ0n) is 17.7. The highest BCUT2D eigenvalue weighted by Gasteiger charge is 2.15. The number of aryl methyl sites for hydroxylation is 1. The van der Waals surface area contributed by atoms with Gasteiger partial charge >= 0.3 is 0 Å². The van der Waals surface area contributed by atoms with E-state index in [1.165, 1.54) is 23.5 Å². The van der Waals surface area contributed by atoms with Gasteiger partial charge in [-0.1, -0.05) is 59.3 Å². The second-order valence-electron chi connectivity index (χ2n) is 6.91. The van der Waals surface area contributed by atoms with E-state index in [2.05, 4.69) is 20.6 Å². The Labute approximate surface area is 196 Å². The summed E-state index contributed by atoms with van der Waals surface area (Å²) in [5, 5.41) is 6.05. The number of amides is 2. The van der Waals surface area contributed by atoms with Crippen molar-refractivity contribution in [3.63, 3.8) is 0 Å². The van der Waals surface area contributed by atoms with Gasteiger partial charge in [0, 0.05) is 30.5 Å². The predicted octanol–water partition coefficient (Wildman–Crippen LogP) is 4.50. The molecule has 3 aromatic rings. The summed E-state index contributed by atoms with van der Waals surface area (Å²) in [5.74, 6) is 0.629. The number of nitrogens with zero attached hydrogens (tertiary/aromatic N) is 2. The summed E-state index contributed by atoms with van der Waals surface area (Å²) in [6.07, 6.45) is 1.51. The fraction of sp³-hybridized carbons (Fsp3) is 0.217. The molecule has 3 rings (SSSR count). The number of thioether (sulfide) groups is 1. The summed E-state index contributed by atoms with van der Waals surface area (Å²) in [5.41, 5.74) is 3.03. The number of anilines is 1. The van der Waals surface area contributed by atoms with Crippen molar-refractivity contribution in [1.82, 2.24) is 15.3 Å². The monoisotopic (exact) mass is 470 g/mol. The van der Waals surface area contributed by atoms with E-state index in [-0.39, 0.29) is 29.6 Å². The summed E-state index contributed by atoms with van der Waals surface area (Å²) in [7, 11) is 1.56. The maximum absolute atomic E-state index is 12.5. The van der Waals surface area contributed by atoms with Crippen LogP contribution in [-0.4, -0.2) is 35.4 Å². The molecule has 32 heavy (non-hydrogen) atoms. The van der Waals surface area contributed by atoms with Gasteiger partial charge in [0.2, 0.25) is 5.91 Å². The molecular weight excluding hydrogens is 448 g/mol. The predicted molar refractivity (Wildman–Crippen MR) is 126 cm³/mol. The quantitative estimate of drug-likeness (QED) is 0.353. The maximum atomic E-state index is 12.5. The van der Waals surface area contributed by atoms with Crippen LogP contribution in [0.4, 0.5) is 5.69 Å². The Balaban J connectivity index is 1.51. The number of aromatic nitrogens is 2. The number of hydrogen-bond acceptors (Lipinski definition) is 6.